The van der Waals surface area contributed by atoms with Gasteiger partial charge in [0.15, 0.2) is 11.5 Å². The van der Waals surface area contributed by atoms with E-state index in [1.165, 1.54) is 51.0 Å². The Bertz CT molecular complexity index is 1010. The Labute approximate surface area is 176 Å². The highest BCUT2D eigenvalue weighted by Crippen LogP contribution is 2.30. The minimum absolute atomic E-state index is 0.0289. The predicted molar refractivity (Wildman–Crippen MR) is 120 cm³/mol. The van der Waals surface area contributed by atoms with Crippen LogP contribution in [0.15, 0.2) is 27.8 Å². The summed E-state index contributed by atoms with van der Waals surface area (Å²) in [4.78, 5) is 29.1. The third kappa shape index (κ3) is 6.12. The molecular formula is C24H32N2O4. The molecule has 1 saturated carbocycles. The summed E-state index contributed by atoms with van der Waals surface area (Å²) in [6.07, 6.45) is 12.0. The molecule has 0 unspecified atom stereocenters. The third-order valence-electron chi connectivity index (χ3n) is 5.59. The quantitative estimate of drug-likeness (QED) is 0.621. The minimum Gasteiger partial charge on any atom is -0.490 e. The zero-order valence-corrected chi connectivity index (χ0v) is 17.8. The van der Waals surface area contributed by atoms with E-state index >= 15 is 0 Å². The van der Waals surface area contributed by atoms with Gasteiger partial charge in [0.25, 0.3) is 11.1 Å². The third-order valence-corrected chi connectivity index (χ3v) is 5.59. The van der Waals surface area contributed by atoms with Crippen LogP contribution in [0.25, 0.3) is 12.7 Å². The maximum atomic E-state index is 12.1. The lowest BCUT2D eigenvalue weighted by Gasteiger charge is -2.21. The van der Waals surface area contributed by atoms with Gasteiger partial charge in [0.2, 0.25) is 0 Å². The van der Waals surface area contributed by atoms with E-state index in [0.29, 0.717) is 30.3 Å². The first-order chi connectivity index (χ1) is 14.6. The van der Waals surface area contributed by atoms with Gasteiger partial charge in [0, 0.05) is 0 Å². The summed E-state index contributed by atoms with van der Waals surface area (Å²) < 4.78 is 11.7. The van der Waals surface area contributed by atoms with Crippen LogP contribution in [0.2, 0.25) is 0 Å². The molecule has 0 saturated heterocycles. The van der Waals surface area contributed by atoms with Gasteiger partial charge < -0.3 is 19.4 Å². The van der Waals surface area contributed by atoms with Crippen LogP contribution in [0.5, 0.6) is 11.5 Å². The van der Waals surface area contributed by atoms with Gasteiger partial charge in [-0.25, -0.2) is 0 Å². The van der Waals surface area contributed by atoms with Gasteiger partial charge >= 0.3 is 0 Å². The highest BCUT2D eigenvalue weighted by molar-refractivity contribution is 5.55. The standard InChI is InChI=1S/C24H32N2O4/c1-3-29-22-16-19(15-20-23(27)25-17(2)26-24(20)28)12-13-21(22)30-14-8-7-11-18-9-5-4-6-10-18/h12-13,15-16,18H,2-11,14H2,1H3,(H,25,27)(H,26,28). The number of hydrogen-bond donors (Lipinski definition) is 2. The molecule has 3 rings (SSSR count). The highest BCUT2D eigenvalue weighted by Gasteiger charge is 2.13. The van der Waals surface area contributed by atoms with E-state index in [9.17, 15) is 9.59 Å². The van der Waals surface area contributed by atoms with E-state index in [1.807, 2.05) is 19.1 Å². The van der Waals surface area contributed by atoms with Crippen molar-refractivity contribution >= 4 is 12.7 Å². The van der Waals surface area contributed by atoms with Crippen molar-refractivity contribution < 1.29 is 9.47 Å². The number of H-pyrrole nitrogens is 2. The molecule has 1 fully saturated rings. The van der Waals surface area contributed by atoms with Crippen LogP contribution in [-0.4, -0.2) is 23.2 Å². The molecule has 0 radical (unpaired) electrons. The molecule has 0 spiro atoms. The molecular weight excluding hydrogens is 380 g/mol. The van der Waals surface area contributed by atoms with Crippen LogP contribution in [0, 0.1) is 5.92 Å². The van der Waals surface area contributed by atoms with Gasteiger partial charge in [-0.15, -0.1) is 0 Å². The van der Waals surface area contributed by atoms with Gasteiger partial charge in [-0.1, -0.05) is 51.2 Å². The van der Waals surface area contributed by atoms with Gasteiger partial charge in [0.05, 0.1) is 13.2 Å². The van der Waals surface area contributed by atoms with Crippen molar-refractivity contribution in [3.8, 4) is 11.5 Å². The van der Waals surface area contributed by atoms with Gasteiger partial charge in [0.1, 0.15) is 10.7 Å². The average Bonchev–Trinajstić information content (AvgIpc) is 2.72. The van der Waals surface area contributed by atoms with Crippen LogP contribution in [0.3, 0.4) is 0 Å². The van der Waals surface area contributed by atoms with Crippen molar-refractivity contribution in [2.75, 3.05) is 13.2 Å². The van der Waals surface area contributed by atoms with E-state index in [4.69, 9.17) is 9.47 Å². The van der Waals surface area contributed by atoms with Crippen molar-refractivity contribution in [2.24, 2.45) is 5.92 Å². The van der Waals surface area contributed by atoms with E-state index < -0.39 is 11.1 Å². The molecule has 2 N–H and O–H groups in total. The zero-order chi connectivity index (χ0) is 21.3. The van der Waals surface area contributed by atoms with Crippen LogP contribution in [-0.2, 0) is 0 Å². The van der Waals surface area contributed by atoms with Crippen molar-refractivity contribution in [1.82, 2.24) is 9.97 Å². The first-order valence-electron chi connectivity index (χ1n) is 11.0. The van der Waals surface area contributed by atoms with Crippen LogP contribution < -0.4 is 31.3 Å². The number of aromatic amines is 2. The Hall–Kier alpha value is -2.76. The van der Waals surface area contributed by atoms with Crippen molar-refractivity contribution in [2.45, 2.75) is 58.3 Å². The molecule has 1 heterocycles. The summed E-state index contributed by atoms with van der Waals surface area (Å²) in [5.74, 6) is 2.19. The van der Waals surface area contributed by atoms with E-state index in [1.54, 1.807) is 6.07 Å². The number of rotatable bonds is 9. The number of aromatic nitrogens is 2. The lowest BCUT2D eigenvalue weighted by molar-refractivity contribution is 0.262. The number of unbranched alkanes of at least 4 members (excludes halogenated alkanes) is 1. The SMILES string of the molecule is C=c1[nH]c(=O)c(=Cc2ccc(OCCCCC3CCCCC3)c(OCC)c2)c(=O)[nH]1. The van der Waals surface area contributed by atoms with E-state index in [0.717, 1.165) is 12.3 Å². The van der Waals surface area contributed by atoms with Gasteiger partial charge in [-0.2, -0.15) is 0 Å². The fourth-order valence-electron chi connectivity index (χ4n) is 4.04. The van der Waals surface area contributed by atoms with E-state index in [-0.39, 0.29) is 10.7 Å². The topological polar surface area (TPSA) is 84.2 Å². The molecule has 0 amide bonds. The Morgan fingerprint density at radius 2 is 1.77 bits per heavy atom. The van der Waals surface area contributed by atoms with Gasteiger partial charge in [-0.05, 0) is 49.5 Å². The second kappa shape index (κ2) is 10.9. The molecule has 1 aromatic heterocycles. The summed E-state index contributed by atoms with van der Waals surface area (Å²) in [6.45, 7) is 6.61. The summed E-state index contributed by atoms with van der Waals surface area (Å²) >= 11 is 0. The fraction of sp³-hybridized carbons (Fsp3) is 0.500. The molecule has 6 heteroatoms. The molecule has 0 aliphatic heterocycles. The molecule has 1 aliphatic carbocycles. The molecule has 30 heavy (non-hydrogen) atoms. The Balaban J connectivity index is 1.65. The first-order valence-corrected chi connectivity index (χ1v) is 11.0. The Morgan fingerprint density at radius 3 is 2.47 bits per heavy atom. The monoisotopic (exact) mass is 412 g/mol. The van der Waals surface area contributed by atoms with E-state index in [2.05, 4.69) is 16.5 Å². The van der Waals surface area contributed by atoms with Gasteiger partial charge in [-0.3, -0.25) is 9.59 Å². The lowest BCUT2D eigenvalue weighted by atomic mass is 9.86. The van der Waals surface area contributed by atoms with Crippen molar-refractivity contribution in [3.05, 3.63) is 55.2 Å². The number of benzene rings is 1. The van der Waals surface area contributed by atoms with Crippen LogP contribution >= 0.6 is 0 Å². The predicted octanol–water partition coefficient (Wildman–Crippen LogP) is 2.83. The summed E-state index contributed by atoms with van der Waals surface area (Å²) in [5, 5.41) is 0.0289. The number of nitrogens with one attached hydrogen (secondary N) is 2. The van der Waals surface area contributed by atoms with Crippen molar-refractivity contribution in [3.63, 3.8) is 0 Å². The lowest BCUT2D eigenvalue weighted by Crippen LogP contribution is -2.47. The smallest absolute Gasteiger partial charge is 0.262 e. The first kappa shape index (κ1) is 21.9. The average molecular weight is 413 g/mol. The number of ether oxygens (including phenoxy) is 2. The molecule has 0 atom stereocenters. The highest BCUT2D eigenvalue weighted by atomic mass is 16.5. The molecule has 2 aromatic rings. The zero-order valence-electron chi connectivity index (χ0n) is 17.8. The second-order valence-corrected chi connectivity index (χ2v) is 7.93. The second-order valence-electron chi connectivity index (χ2n) is 7.93. The fourth-order valence-corrected chi connectivity index (χ4v) is 4.04. The summed E-state index contributed by atoms with van der Waals surface area (Å²) in [6, 6.07) is 5.44. The molecule has 1 aliphatic rings. The summed E-state index contributed by atoms with van der Waals surface area (Å²) in [5.41, 5.74) is -0.0692. The summed E-state index contributed by atoms with van der Waals surface area (Å²) in [7, 11) is 0. The Kier molecular flexibility index (Phi) is 7.94. The van der Waals surface area contributed by atoms with Crippen LogP contribution in [0.1, 0.15) is 63.9 Å². The molecule has 6 nitrogen and oxygen atoms in total. The van der Waals surface area contributed by atoms with Crippen molar-refractivity contribution in [1.29, 1.82) is 0 Å². The maximum Gasteiger partial charge on any atom is 0.262 e. The molecule has 1 aromatic carbocycles. The largest absolute Gasteiger partial charge is 0.490 e. The molecule has 162 valence electrons. The Morgan fingerprint density at radius 1 is 1.03 bits per heavy atom. The molecule has 0 bridgehead atoms. The number of hydrogen-bond acceptors (Lipinski definition) is 4. The van der Waals surface area contributed by atoms with Crippen LogP contribution in [0.4, 0.5) is 0 Å². The minimum atomic E-state index is -0.472. The normalized spacial score (nSPS) is 14.4. The maximum absolute atomic E-state index is 12.1.